The maximum atomic E-state index is 14.6. The summed E-state index contributed by atoms with van der Waals surface area (Å²) in [5.41, 5.74) is 1.60. The molecule has 1 aromatic carbocycles. The van der Waals surface area contributed by atoms with E-state index in [0.29, 0.717) is 18.3 Å². The van der Waals surface area contributed by atoms with Gasteiger partial charge in [-0.3, -0.25) is 0 Å². The molecular formula is C20H35FIN5. The fourth-order valence-electron chi connectivity index (χ4n) is 3.04. The molecule has 1 saturated heterocycles. The largest absolute Gasteiger partial charge is 0.367 e. The van der Waals surface area contributed by atoms with Crippen LogP contribution in [0, 0.1) is 5.82 Å². The fraction of sp³-hybridized carbons (Fsp3) is 0.650. The van der Waals surface area contributed by atoms with Gasteiger partial charge in [0.25, 0.3) is 0 Å². The van der Waals surface area contributed by atoms with E-state index in [9.17, 15) is 4.39 Å². The second-order valence-electron chi connectivity index (χ2n) is 6.86. The molecule has 154 valence electrons. The predicted molar refractivity (Wildman–Crippen MR) is 124 cm³/mol. The Hall–Kier alpha value is -1.09. The van der Waals surface area contributed by atoms with Crippen LogP contribution >= 0.6 is 24.0 Å². The maximum Gasteiger partial charge on any atom is 0.191 e. The topological polar surface area (TPSA) is 42.9 Å². The molecule has 0 amide bonds. The van der Waals surface area contributed by atoms with Gasteiger partial charge in [0, 0.05) is 38.8 Å². The first-order chi connectivity index (χ1) is 12.6. The van der Waals surface area contributed by atoms with Gasteiger partial charge in [0.1, 0.15) is 5.82 Å². The first-order valence-electron chi connectivity index (χ1n) is 9.87. The van der Waals surface area contributed by atoms with Crippen LogP contribution in [0.25, 0.3) is 0 Å². The summed E-state index contributed by atoms with van der Waals surface area (Å²) < 4.78 is 14.6. The highest BCUT2D eigenvalue weighted by atomic mass is 127. The van der Waals surface area contributed by atoms with Crippen LogP contribution in [0.5, 0.6) is 0 Å². The molecule has 0 aromatic heterocycles. The number of nitrogens with zero attached hydrogens (tertiary/aromatic N) is 3. The number of anilines is 1. The van der Waals surface area contributed by atoms with Gasteiger partial charge in [-0.1, -0.05) is 19.9 Å². The van der Waals surface area contributed by atoms with Crippen molar-refractivity contribution in [3.05, 3.63) is 29.6 Å². The van der Waals surface area contributed by atoms with Crippen molar-refractivity contribution >= 4 is 35.6 Å². The lowest BCUT2D eigenvalue weighted by Crippen LogP contribution is -2.46. The van der Waals surface area contributed by atoms with Gasteiger partial charge in [-0.15, -0.1) is 24.0 Å². The Kier molecular flexibility index (Phi) is 11.0. The van der Waals surface area contributed by atoms with Gasteiger partial charge in [0.15, 0.2) is 5.96 Å². The normalized spacial score (nSPS) is 16.6. The molecule has 0 spiro atoms. The van der Waals surface area contributed by atoms with Crippen LogP contribution in [-0.2, 0) is 6.54 Å². The molecule has 0 saturated carbocycles. The first kappa shape index (κ1) is 23.9. The lowest BCUT2D eigenvalue weighted by atomic mass is 10.1. The van der Waals surface area contributed by atoms with Gasteiger partial charge in [-0.2, -0.15) is 0 Å². The molecule has 5 nitrogen and oxygen atoms in total. The highest BCUT2D eigenvalue weighted by molar-refractivity contribution is 14.0. The second-order valence-corrected chi connectivity index (χ2v) is 6.86. The quantitative estimate of drug-likeness (QED) is 0.349. The standard InChI is InChI=1S/C20H34FN5.HI/c1-5-16(4)24-20(22-6-2)23-15-17-8-9-19(18(21)14-17)26-12-10-25(7-3)11-13-26;/h8-9,14,16H,5-7,10-13,15H2,1-4H3,(H2,22,23,24);1H. The third-order valence-electron chi connectivity index (χ3n) is 4.93. The van der Waals surface area contributed by atoms with Crippen LogP contribution in [0.15, 0.2) is 23.2 Å². The van der Waals surface area contributed by atoms with Gasteiger partial charge in [-0.05, 0) is 44.5 Å². The fourth-order valence-corrected chi connectivity index (χ4v) is 3.04. The molecule has 0 aliphatic carbocycles. The minimum atomic E-state index is -0.150. The molecule has 0 radical (unpaired) electrons. The Bertz CT molecular complexity index is 588. The van der Waals surface area contributed by atoms with Crippen molar-refractivity contribution in [2.45, 2.75) is 46.7 Å². The zero-order valence-electron chi connectivity index (χ0n) is 17.1. The second kappa shape index (κ2) is 12.4. The highest BCUT2D eigenvalue weighted by Gasteiger charge is 2.18. The first-order valence-corrected chi connectivity index (χ1v) is 9.87. The van der Waals surface area contributed by atoms with Gasteiger partial charge < -0.3 is 20.4 Å². The van der Waals surface area contributed by atoms with Gasteiger partial charge in [0.2, 0.25) is 0 Å². The molecule has 2 rings (SSSR count). The van der Waals surface area contributed by atoms with E-state index >= 15 is 0 Å². The Labute approximate surface area is 180 Å². The van der Waals surface area contributed by atoms with Crippen molar-refractivity contribution in [1.82, 2.24) is 15.5 Å². The van der Waals surface area contributed by atoms with Crippen LogP contribution in [0.2, 0.25) is 0 Å². The average molecular weight is 491 g/mol. The molecule has 1 aromatic rings. The zero-order chi connectivity index (χ0) is 18.9. The molecule has 27 heavy (non-hydrogen) atoms. The number of hydrogen-bond donors (Lipinski definition) is 2. The number of halogens is 2. The molecule has 1 unspecified atom stereocenters. The minimum absolute atomic E-state index is 0. The van der Waals surface area contributed by atoms with Crippen LogP contribution in [0.1, 0.15) is 39.7 Å². The SMILES string of the molecule is CCNC(=NCc1ccc(N2CCN(CC)CC2)c(F)c1)NC(C)CC.I. The molecule has 1 aliphatic rings. The lowest BCUT2D eigenvalue weighted by molar-refractivity contribution is 0.270. The third-order valence-corrected chi connectivity index (χ3v) is 4.93. The number of piperazine rings is 1. The number of likely N-dealkylation sites (N-methyl/N-ethyl adjacent to an activating group) is 1. The van der Waals surface area contributed by atoms with Crippen LogP contribution < -0.4 is 15.5 Å². The smallest absolute Gasteiger partial charge is 0.191 e. The Balaban J connectivity index is 0.00000364. The van der Waals surface area contributed by atoms with Crippen LogP contribution in [0.3, 0.4) is 0 Å². The number of hydrogen-bond acceptors (Lipinski definition) is 3. The van der Waals surface area contributed by atoms with Gasteiger partial charge >= 0.3 is 0 Å². The summed E-state index contributed by atoms with van der Waals surface area (Å²) in [6, 6.07) is 5.86. The summed E-state index contributed by atoms with van der Waals surface area (Å²) in [7, 11) is 0. The van der Waals surface area contributed by atoms with E-state index in [-0.39, 0.29) is 29.8 Å². The molecule has 7 heteroatoms. The van der Waals surface area contributed by atoms with Gasteiger partial charge in [0.05, 0.1) is 12.2 Å². The van der Waals surface area contributed by atoms with Crippen LogP contribution in [0.4, 0.5) is 10.1 Å². The van der Waals surface area contributed by atoms with Crippen LogP contribution in [-0.4, -0.2) is 56.2 Å². The van der Waals surface area contributed by atoms with Crippen molar-refractivity contribution < 1.29 is 4.39 Å². The number of guanidine groups is 1. The third kappa shape index (κ3) is 7.44. The summed E-state index contributed by atoms with van der Waals surface area (Å²) in [6.45, 7) is 14.6. The molecular weight excluding hydrogens is 456 g/mol. The van der Waals surface area contributed by atoms with Gasteiger partial charge in [-0.25, -0.2) is 9.38 Å². The monoisotopic (exact) mass is 491 g/mol. The van der Waals surface area contributed by atoms with Crippen molar-refractivity contribution in [2.75, 3.05) is 44.2 Å². The zero-order valence-corrected chi connectivity index (χ0v) is 19.4. The Morgan fingerprint density at radius 3 is 2.44 bits per heavy atom. The molecule has 1 heterocycles. The van der Waals surface area contributed by atoms with E-state index < -0.39 is 0 Å². The molecule has 0 bridgehead atoms. The molecule has 1 aliphatic heterocycles. The number of aliphatic imine (C=N–C) groups is 1. The van der Waals surface area contributed by atoms with Crippen molar-refractivity contribution in [1.29, 1.82) is 0 Å². The van der Waals surface area contributed by atoms with E-state index in [4.69, 9.17) is 0 Å². The minimum Gasteiger partial charge on any atom is -0.367 e. The van der Waals surface area contributed by atoms with E-state index in [2.05, 4.69) is 46.2 Å². The molecule has 1 atom stereocenters. The predicted octanol–water partition coefficient (Wildman–Crippen LogP) is 3.44. The average Bonchev–Trinajstić information content (AvgIpc) is 2.66. The van der Waals surface area contributed by atoms with Crippen molar-refractivity contribution in [3.63, 3.8) is 0 Å². The van der Waals surface area contributed by atoms with E-state index in [1.165, 1.54) is 0 Å². The Morgan fingerprint density at radius 1 is 1.19 bits per heavy atom. The number of rotatable bonds is 7. The summed E-state index contributed by atoms with van der Waals surface area (Å²) in [5, 5.41) is 6.60. The summed E-state index contributed by atoms with van der Waals surface area (Å²) in [6.07, 6.45) is 1.03. The number of benzene rings is 1. The number of nitrogens with one attached hydrogen (secondary N) is 2. The summed E-state index contributed by atoms with van der Waals surface area (Å²) in [5.74, 6) is 0.629. The highest BCUT2D eigenvalue weighted by Crippen LogP contribution is 2.22. The molecule has 1 fully saturated rings. The van der Waals surface area contributed by atoms with Crippen molar-refractivity contribution in [2.24, 2.45) is 4.99 Å². The van der Waals surface area contributed by atoms with E-state index in [1.807, 2.05) is 19.1 Å². The maximum absolute atomic E-state index is 14.6. The summed E-state index contributed by atoms with van der Waals surface area (Å²) in [4.78, 5) is 9.12. The van der Waals surface area contributed by atoms with E-state index in [1.54, 1.807) is 6.07 Å². The van der Waals surface area contributed by atoms with Crippen molar-refractivity contribution in [3.8, 4) is 0 Å². The lowest BCUT2D eigenvalue weighted by Gasteiger charge is -2.35. The summed E-state index contributed by atoms with van der Waals surface area (Å²) >= 11 is 0. The molecule has 2 N–H and O–H groups in total. The van der Waals surface area contributed by atoms with E-state index in [0.717, 1.165) is 57.2 Å². The Morgan fingerprint density at radius 2 is 1.89 bits per heavy atom.